The molecule has 0 aliphatic rings. The predicted octanol–water partition coefficient (Wildman–Crippen LogP) is 1.79. The van der Waals surface area contributed by atoms with Gasteiger partial charge >= 0.3 is 6.18 Å². The third-order valence-electron chi connectivity index (χ3n) is 2.49. The molecule has 0 bridgehead atoms. The molecule has 0 radical (unpaired) electrons. The number of alkyl halides is 3. The summed E-state index contributed by atoms with van der Waals surface area (Å²) < 4.78 is 38.5. The van der Waals surface area contributed by atoms with E-state index in [4.69, 9.17) is 11.5 Å². The van der Waals surface area contributed by atoms with E-state index in [2.05, 4.69) is 20.3 Å². The van der Waals surface area contributed by atoms with Crippen LogP contribution < -0.4 is 16.8 Å². The van der Waals surface area contributed by atoms with E-state index in [1.165, 1.54) is 18.2 Å². The average Bonchev–Trinajstić information content (AvgIpc) is 2.43. The fraction of sp³-hybridized carbons (Fsp3) is 0.167. The van der Waals surface area contributed by atoms with Gasteiger partial charge in [0.15, 0.2) is 5.16 Å². The number of thioether (sulfide) groups is 1. The lowest BCUT2D eigenvalue weighted by molar-refractivity contribution is -0.137. The number of anilines is 3. The molecule has 0 unspecified atom stereocenters. The summed E-state index contributed by atoms with van der Waals surface area (Å²) in [6, 6.07) is 4.69. The molecular formula is C12H11F3N6OS. The zero-order valence-electron chi connectivity index (χ0n) is 11.5. The van der Waals surface area contributed by atoms with Gasteiger partial charge in [-0.05, 0) is 12.1 Å². The number of amides is 1. The van der Waals surface area contributed by atoms with Crippen molar-refractivity contribution < 1.29 is 18.0 Å². The van der Waals surface area contributed by atoms with Gasteiger partial charge in [0.2, 0.25) is 17.8 Å². The second-order valence-corrected chi connectivity index (χ2v) is 5.16. The third kappa shape index (κ3) is 4.71. The minimum atomic E-state index is -4.56. The van der Waals surface area contributed by atoms with E-state index >= 15 is 0 Å². The highest BCUT2D eigenvalue weighted by atomic mass is 32.2. The van der Waals surface area contributed by atoms with Crippen LogP contribution >= 0.6 is 11.8 Å². The van der Waals surface area contributed by atoms with E-state index in [1.54, 1.807) is 0 Å². The maximum atomic E-state index is 12.8. The fourth-order valence-corrected chi connectivity index (χ4v) is 2.26. The van der Waals surface area contributed by atoms with E-state index in [0.29, 0.717) is 0 Å². The van der Waals surface area contributed by atoms with Gasteiger partial charge in [0.1, 0.15) is 0 Å². The number of rotatable bonds is 4. The number of nitrogens with two attached hydrogens (primary N) is 2. The summed E-state index contributed by atoms with van der Waals surface area (Å²) in [6.45, 7) is 0. The fourth-order valence-electron chi connectivity index (χ4n) is 1.61. The maximum absolute atomic E-state index is 12.8. The Kier molecular flexibility index (Phi) is 4.89. The zero-order chi connectivity index (χ0) is 17.0. The first-order valence-electron chi connectivity index (χ1n) is 6.11. The van der Waals surface area contributed by atoms with Gasteiger partial charge in [-0.15, -0.1) is 0 Å². The standard InChI is InChI=1S/C12H11F3N6OS/c13-12(14,15)6-3-1-2-4-7(6)18-8(22)5-23-11-20-9(16)19-10(17)21-11/h1-4H,5H2,(H,18,22)(H4,16,17,19,20,21). The summed E-state index contributed by atoms with van der Waals surface area (Å²) in [5.74, 6) is -1.08. The molecule has 0 atom stereocenters. The molecule has 0 spiro atoms. The van der Waals surface area contributed by atoms with E-state index in [-0.39, 0.29) is 28.5 Å². The summed E-state index contributed by atoms with van der Waals surface area (Å²) in [5.41, 5.74) is 9.51. The molecular weight excluding hydrogens is 333 g/mol. The molecule has 1 heterocycles. The molecule has 122 valence electrons. The number of para-hydroxylation sites is 1. The number of nitrogens with one attached hydrogen (secondary N) is 1. The second-order valence-electron chi connectivity index (χ2n) is 4.21. The third-order valence-corrected chi connectivity index (χ3v) is 3.34. The maximum Gasteiger partial charge on any atom is 0.418 e. The number of halogens is 3. The average molecular weight is 344 g/mol. The predicted molar refractivity (Wildman–Crippen MR) is 79.4 cm³/mol. The van der Waals surface area contributed by atoms with Crippen LogP contribution in [0.4, 0.5) is 30.8 Å². The number of nitrogen functional groups attached to an aromatic ring is 2. The Bertz CT molecular complexity index is 704. The lowest BCUT2D eigenvalue weighted by atomic mass is 10.1. The van der Waals surface area contributed by atoms with E-state index in [9.17, 15) is 18.0 Å². The Morgan fingerprint density at radius 1 is 1.13 bits per heavy atom. The molecule has 0 saturated carbocycles. The minimum absolute atomic E-state index is 0.106. The molecule has 2 aromatic rings. The molecule has 1 aromatic carbocycles. The van der Waals surface area contributed by atoms with Crippen LogP contribution in [0.25, 0.3) is 0 Å². The lowest BCUT2D eigenvalue weighted by Crippen LogP contribution is -2.18. The Hall–Kier alpha value is -2.56. The van der Waals surface area contributed by atoms with Gasteiger partial charge in [-0.1, -0.05) is 23.9 Å². The zero-order valence-corrected chi connectivity index (χ0v) is 12.3. The van der Waals surface area contributed by atoms with Crippen molar-refractivity contribution in [3.63, 3.8) is 0 Å². The largest absolute Gasteiger partial charge is 0.418 e. The molecule has 1 amide bonds. The Labute approximate surface area is 132 Å². The van der Waals surface area contributed by atoms with Crippen molar-refractivity contribution in [1.29, 1.82) is 0 Å². The SMILES string of the molecule is Nc1nc(N)nc(SCC(=O)Nc2ccccc2C(F)(F)F)n1. The van der Waals surface area contributed by atoms with Crippen molar-refractivity contribution in [2.45, 2.75) is 11.3 Å². The molecule has 0 saturated heterocycles. The van der Waals surface area contributed by atoms with Gasteiger partial charge in [0.05, 0.1) is 17.0 Å². The van der Waals surface area contributed by atoms with Crippen molar-refractivity contribution in [3.8, 4) is 0 Å². The monoisotopic (exact) mass is 344 g/mol. The molecule has 2 rings (SSSR count). The van der Waals surface area contributed by atoms with Gasteiger partial charge in [-0.3, -0.25) is 4.79 Å². The van der Waals surface area contributed by atoms with Crippen molar-refractivity contribution in [2.24, 2.45) is 0 Å². The minimum Gasteiger partial charge on any atom is -0.368 e. The van der Waals surface area contributed by atoms with E-state index < -0.39 is 17.6 Å². The van der Waals surface area contributed by atoms with Crippen LogP contribution in [0.5, 0.6) is 0 Å². The van der Waals surface area contributed by atoms with Crippen LogP contribution in [0.1, 0.15) is 5.56 Å². The summed E-state index contributed by atoms with van der Waals surface area (Å²) in [5, 5.41) is 2.31. The first kappa shape index (κ1) is 16.8. The van der Waals surface area contributed by atoms with Crippen LogP contribution in [-0.2, 0) is 11.0 Å². The van der Waals surface area contributed by atoms with E-state index in [1.807, 2.05) is 0 Å². The van der Waals surface area contributed by atoms with Crippen LogP contribution in [0.15, 0.2) is 29.4 Å². The summed E-state index contributed by atoms with van der Waals surface area (Å²) in [4.78, 5) is 22.9. The number of carbonyl (C=O) groups is 1. The molecule has 0 aliphatic carbocycles. The molecule has 0 aliphatic heterocycles. The molecule has 7 nitrogen and oxygen atoms in total. The highest BCUT2D eigenvalue weighted by Gasteiger charge is 2.33. The van der Waals surface area contributed by atoms with Crippen molar-refractivity contribution in [2.75, 3.05) is 22.5 Å². The van der Waals surface area contributed by atoms with Gasteiger partial charge in [-0.25, -0.2) is 0 Å². The Morgan fingerprint density at radius 3 is 2.35 bits per heavy atom. The molecule has 5 N–H and O–H groups in total. The van der Waals surface area contributed by atoms with E-state index in [0.717, 1.165) is 17.8 Å². The van der Waals surface area contributed by atoms with Gasteiger partial charge < -0.3 is 16.8 Å². The van der Waals surface area contributed by atoms with Crippen LogP contribution in [-0.4, -0.2) is 26.6 Å². The molecule has 23 heavy (non-hydrogen) atoms. The smallest absolute Gasteiger partial charge is 0.368 e. The normalized spacial score (nSPS) is 11.3. The Balaban J connectivity index is 2.03. The van der Waals surface area contributed by atoms with Crippen LogP contribution in [0, 0.1) is 0 Å². The van der Waals surface area contributed by atoms with Gasteiger partial charge in [0.25, 0.3) is 0 Å². The number of aromatic nitrogens is 3. The second kappa shape index (κ2) is 6.69. The number of hydrogen-bond acceptors (Lipinski definition) is 7. The highest BCUT2D eigenvalue weighted by Crippen LogP contribution is 2.34. The van der Waals surface area contributed by atoms with Crippen LogP contribution in [0.3, 0.4) is 0 Å². The summed E-state index contributed by atoms with van der Waals surface area (Å²) >= 11 is 0.874. The van der Waals surface area contributed by atoms with Gasteiger partial charge in [0, 0.05) is 0 Å². The summed E-state index contributed by atoms with van der Waals surface area (Å²) in [6.07, 6.45) is -4.56. The number of nitrogens with zero attached hydrogens (tertiary/aromatic N) is 3. The Morgan fingerprint density at radius 2 is 1.74 bits per heavy atom. The molecule has 0 fully saturated rings. The lowest BCUT2D eigenvalue weighted by Gasteiger charge is -2.13. The van der Waals surface area contributed by atoms with Crippen molar-refractivity contribution in [1.82, 2.24) is 15.0 Å². The number of benzene rings is 1. The first-order chi connectivity index (χ1) is 10.8. The summed E-state index contributed by atoms with van der Waals surface area (Å²) in [7, 11) is 0. The molecule has 11 heteroatoms. The topological polar surface area (TPSA) is 120 Å². The highest BCUT2D eigenvalue weighted by molar-refractivity contribution is 7.99. The van der Waals surface area contributed by atoms with Crippen molar-refractivity contribution in [3.05, 3.63) is 29.8 Å². The van der Waals surface area contributed by atoms with Crippen molar-refractivity contribution >= 4 is 35.3 Å². The quantitative estimate of drug-likeness (QED) is 0.723. The number of carbonyl (C=O) groups excluding carboxylic acids is 1. The van der Waals surface area contributed by atoms with Crippen LogP contribution in [0.2, 0.25) is 0 Å². The first-order valence-corrected chi connectivity index (χ1v) is 7.10. The van der Waals surface area contributed by atoms with Gasteiger partial charge in [-0.2, -0.15) is 28.1 Å². The molecule has 1 aromatic heterocycles. The number of hydrogen-bond donors (Lipinski definition) is 3.